The summed E-state index contributed by atoms with van der Waals surface area (Å²) in [6.07, 6.45) is 0.980. The smallest absolute Gasteiger partial charge is 0.0949 e. The first-order chi connectivity index (χ1) is 29.3. The van der Waals surface area contributed by atoms with Gasteiger partial charge in [0.2, 0.25) is 0 Å². The Hall–Kier alpha value is -6.57. The third-order valence-electron chi connectivity index (χ3n) is 11.4. The minimum absolute atomic E-state index is 0. The molecule has 7 heteroatoms. The molecule has 6 nitrogen and oxygen atoms in total. The van der Waals surface area contributed by atoms with E-state index in [1.54, 1.807) is 0 Å². The normalized spacial score (nSPS) is 11.5. The van der Waals surface area contributed by atoms with Crippen molar-refractivity contribution >= 4 is 56.0 Å². The third-order valence-corrected chi connectivity index (χ3v) is 11.4. The highest BCUT2D eigenvalue weighted by molar-refractivity contribution is 6.13. The molecule has 2 N–H and O–H groups in total. The Morgan fingerprint density at radius 3 is 1.18 bits per heavy atom. The molecule has 0 spiro atoms. The molecule has 296 valence electrons. The van der Waals surface area contributed by atoms with Crippen LogP contribution < -0.4 is 10.6 Å². The van der Waals surface area contributed by atoms with Crippen molar-refractivity contribution in [1.82, 2.24) is 29.7 Å². The monoisotopic (exact) mass is 802 g/mol. The second kappa shape index (κ2) is 17.7. The lowest BCUT2D eigenvalue weighted by molar-refractivity contribution is 0.588. The molecule has 0 bridgehead atoms. The average Bonchev–Trinajstić information content (AvgIpc) is 3.78. The van der Waals surface area contributed by atoms with E-state index >= 15 is 0 Å². The Morgan fingerprint density at radius 1 is 0.400 bits per heavy atom. The minimum atomic E-state index is 0. The molecule has 10 rings (SSSR count). The van der Waals surface area contributed by atoms with E-state index < -0.39 is 0 Å². The predicted octanol–water partition coefficient (Wildman–Crippen LogP) is 11.8. The summed E-state index contributed by atoms with van der Waals surface area (Å²) in [6.45, 7) is 4.70. The van der Waals surface area contributed by atoms with Crippen LogP contribution in [0.15, 0.2) is 182 Å². The van der Waals surface area contributed by atoms with E-state index in [2.05, 4.69) is 202 Å². The van der Waals surface area contributed by atoms with Gasteiger partial charge in [-0.25, -0.2) is 9.97 Å². The minimum Gasteiger partial charge on any atom is -0.334 e. The van der Waals surface area contributed by atoms with Gasteiger partial charge in [-0.3, -0.25) is 0 Å². The van der Waals surface area contributed by atoms with Gasteiger partial charge in [-0.2, -0.15) is 0 Å². The molecule has 0 amide bonds. The van der Waals surface area contributed by atoms with Crippen LogP contribution in [-0.4, -0.2) is 32.2 Å². The van der Waals surface area contributed by atoms with E-state index in [9.17, 15) is 0 Å². The Kier molecular flexibility index (Phi) is 11.5. The number of nitrogens with zero attached hydrogens (tertiary/aromatic N) is 4. The van der Waals surface area contributed by atoms with E-state index in [0.29, 0.717) is 13.1 Å². The van der Waals surface area contributed by atoms with Crippen molar-refractivity contribution in [3.05, 3.63) is 205 Å². The second-order valence-electron chi connectivity index (χ2n) is 15.3. The maximum Gasteiger partial charge on any atom is 0.0949 e. The van der Waals surface area contributed by atoms with Gasteiger partial charge in [0, 0.05) is 69.9 Å². The van der Waals surface area contributed by atoms with Crippen molar-refractivity contribution in [3.63, 3.8) is 0 Å². The Bertz CT molecular complexity index is 2810. The summed E-state index contributed by atoms with van der Waals surface area (Å²) in [5.74, 6) is 0. The number of benzene rings is 6. The van der Waals surface area contributed by atoms with Crippen LogP contribution in [0.2, 0.25) is 0 Å². The van der Waals surface area contributed by atoms with Gasteiger partial charge < -0.3 is 19.8 Å². The molecular weight excluding hydrogens is 756 g/mol. The average molecular weight is 803 g/mol. The summed E-state index contributed by atoms with van der Waals surface area (Å²) >= 11 is 0. The van der Waals surface area contributed by atoms with Gasteiger partial charge in [-0.15, -0.1) is 12.4 Å². The lowest BCUT2D eigenvalue weighted by Crippen LogP contribution is -2.22. The van der Waals surface area contributed by atoms with E-state index in [-0.39, 0.29) is 12.4 Å². The highest BCUT2D eigenvalue weighted by Crippen LogP contribution is 2.38. The second-order valence-corrected chi connectivity index (χ2v) is 15.3. The first-order valence-corrected chi connectivity index (χ1v) is 20.7. The van der Waals surface area contributed by atoms with Crippen molar-refractivity contribution in [2.75, 3.05) is 13.1 Å². The van der Waals surface area contributed by atoms with E-state index in [1.807, 2.05) is 0 Å². The highest BCUT2D eigenvalue weighted by Gasteiger charge is 2.20. The molecule has 10 aromatic rings. The number of hydrogen-bond donors (Lipinski definition) is 2. The SMILES string of the molecule is Cl.c1ccc(Cn2c3ccccc3c3cc(CNCCCNCc4cc5c6ccccc6n(Cc6ccccc6)c5c(-c5ccccc5)n4)nc(-c4ccccc4)c32)cc1. The number of aromatic nitrogens is 4. The molecule has 6 aromatic carbocycles. The number of para-hydroxylation sites is 2. The molecule has 0 saturated carbocycles. The largest absolute Gasteiger partial charge is 0.334 e. The van der Waals surface area contributed by atoms with Crippen LogP contribution in [0.1, 0.15) is 28.9 Å². The van der Waals surface area contributed by atoms with E-state index in [1.165, 1.54) is 54.7 Å². The number of fused-ring (bicyclic) bond motifs is 6. The number of nitrogens with one attached hydrogen (secondary N) is 2. The van der Waals surface area contributed by atoms with Crippen molar-refractivity contribution in [2.45, 2.75) is 32.6 Å². The van der Waals surface area contributed by atoms with Gasteiger partial charge in [-0.1, -0.05) is 158 Å². The molecule has 0 atom stereocenters. The van der Waals surface area contributed by atoms with Crippen LogP contribution in [0.25, 0.3) is 66.1 Å². The highest BCUT2D eigenvalue weighted by atomic mass is 35.5. The van der Waals surface area contributed by atoms with E-state index in [4.69, 9.17) is 9.97 Å². The molecular formula is C53H47ClN6. The van der Waals surface area contributed by atoms with Crippen molar-refractivity contribution in [3.8, 4) is 22.5 Å². The molecule has 4 aromatic heterocycles. The summed E-state index contributed by atoms with van der Waals surface area (Å²) in [5.41, 5.74) is 13.7. The summed E-state index contributed by atoms with van der Waals surface area (Å²) in [5, 5.41) is 12.4. The quantitative estimate of drug-likeness (QED) is 0.108. The molecule has 0 aliphatic carbocycles. The third kappa shape index (κ3) is 7.81. The van der Waals surface area contributed by atoms with Crippen molar-refractivity contribution < 1.29 is 0 Å². The van der Waals surface area contributed by atoms with Gasteiger partial charge >= 0.3 is 0 Å². The van der Waals surface area contributed by atoms with Crippen molar-refractivity contribution in [2.24, 2.45) is 0 Å². The standard InChI is InChI=1S/C53H46N6.ClH/c1-5-18-38(19-6-1)36-58-48-28-15-13-26-44(48)46-32-42(56-50(52(46)58)40-22-9-3-10-23-40)34-54-30-17-31-55-35-43-33-47-45-27-14-16-29-49(45)59(37-39-20-7-2-8-21-39)53(47)51(57-43)41-24-11-4-12-25-41;/h1-16,18-29,32-33,54-55H,17,30-31,34-37H2;1H. The maximum atomic E-state index is 5.34. The lowest BCUT2D eigenvalue weighted by Gasteiger charge is -2.14. The zero-order chi connectivity index (χ0) is 39.4. The molecule has 0 saturated heterocycles. The molecule has 60 heavy (non-hydrogen) atoms. The van der Waals surface area contributed by atoms with Crippen LogP contribution in [0.3, 0.4) is 0 Å². The van der Waals surface area contributed by atoms with Gasteiger partial charge in [0.1, 0.15) is 0 Å². The maximum absolute atomic E-state index is 5.34. The Morgan fingerprint density at radius 2 is 0.767 bits per heavy atom. The first kappa shape index (κ1) is 38.9. The fourth-order valence-corrected chi connectivity index (χ4v) is 8.66. The Balaban J connectivity index is 0.00000462. The van der Waals surface area contributed by atoms with Crippen molar-refractivity contribution in [1.29, 1.82) is 0 Å². The molecule has 0 aliphatic rings. The predicted molar refractivity (Wildman–Crippen MR) is 252 cm³/mol. The number of hydrogen-bond acceptors (Lipinski definition) is 4. The fourth-order valence-electron chi connectivity index (χ4n) is 8.66. The first-order valence-electron chi connectivity index (χ1n) is 20.7. The van der Waals surface area contributed by atoms with Gasteiger partial charge in [0.15, 0.2) is 0 Å². The molecule has 0 radical (unpaired) electrons. The van der Waals surface area contributed by atoms with Crippen LogP contribution in [0.5, 0.6) is 0 Å². The molecule has 0 aliphatic heterocycles. The molecule has 0 fully saturated rings. The summed E-state index contributed by atoms with van der Waals surface area (Å²) in [6, 6.07) is 64.8. The van der Waals surface area contributed by atoms with Crippen LogP contribution in [0, 0.1) is 0 Å². The summed E-state index contributed by atoms with van der Waals surface area (Å²) in [7, 11) is 0. The van der Waals surface area contributed by atoms with Crippen LogP contribution in [0.4, 0.5) is 0 Å². The summed E-state index contributed by atoms with van der Waals surface area (Å²) < 4.78 is 4.88. The van der Waals surface area contributed by atoms with Crippen LogP contribution in [-0.2, 0) is 26.2 Å². The van der Waals surface area contributed by atoms with E-state index in [0.717, 1.165) is 66.5 Å². The summed E-state index contributed by atoms with van der Waals surface area (Å²) in [4.78, 5) is 10.7. The molecule has 4 heterocycles. The van der Waals surface area contributed by atoms with Gasteiger partial charge in [-0.05, 0) is 54.9 Å². The topological polar surface area (TPSA) is 59.7 Å². The van der Waals surface area contributed by atoms with Crippen LogP contribution >= 0.6 is 12.4 Å². The number of rotatable bonds is 14. The van der Waals surface area contributed by atoms with Gasteiger partial charge in [0.25, 0.3) is 0 Å². The van der Waals surface area contributed by atoms with Gasteiger partial charge in [0.05, 0.1) is 33.8 Å². The zero-order valence-electron chi connectivity index (χ0n) is 33.5. The number of pyridine rings is 2. The fraction of sp³-hybridized carbons (Fsp3) is 0.132. The molecule has 0 unspecified atom stereocenters. The lowest BCUT2D eigenvalue weighted by atomic mass is 10.1. The zero-order valence-corrected chi connectivity index (χ0v) is 34.3. The number of halogens is 1. The Labute approximate surface area is 357 Å².